The van der Waals surface area contributed by atoms with Gasteiger partial charge in [-0.25, -0.2) is 9.79 Å². The van der Waals surface area contributed by atoms with Crippen molar-refractivity contribution in [3.8, 4) is 11.5 Å². The lowest BCUT2D eigenvalue weighted by atomic mass is 10.2. The van der Waals surface area contributed by atoms with Gasteiger partial charge in [0.05, 0.1) is 7.11 Å². The Kier molecular flexibility index (Phi) is 5.82. The molecule has 1 heterocycles. The Morgan fingerprint density at radius 1 is 1.00 bits per heavy atom. The van der Waals surface area contributed by atoms with E-state index in [0.717, 1.165) is 11.1 Å². The Morgan fingerprint density at radius 2 is 1.80 bits per heavy atom. The smallest absolute Gasteiger partial charge is 0.363 e. The lowest BCUT2D eigenvalue weighted by Crippen LogP contribution is -2.05. The van der Waals surface area contributed by atoms with Crippen molar-refractivity contribution in [2.75, 3.05) is 7.11 Å². The largest absolute Gasteiger partial charge is 0.497 e. The summed E-state index contributed by atoms with van der Waals surface area (Å²) in [5.41, 5.74) is 2.56. The molecule has 4 rings (SSSR count). The van der Waals surface area contributed by atoms with E-state index in [2.05, 4.69) is 4.99 Å². The van der Waals surface area contributed by atoms with E-state index in [-0.39, 0.29) is 11.6 Å². The molecule has 0 spiro atoms. The highest BCUT2D eigenvalue weighted by molar-refractivity contribution is 6.31. The minimum Gasteiger partial charge on any atom is -0.497 e. The lowest BCUT2D eigenvalue weighted by Gasteiger charge is -2.08. The van der Waals surface area contributed by atoms with Crippen molar-refractivity contribution in [2.24, 2.45) is 4.99 Å². The van der Waals surface area contributed by atoms with E-state index >= 15 is 0 Å². The number of nitrogens with zero attached hydrogens (tertiary/aromatic N) is 1. The molecule has 150 valence electrons. The molecule has 0 radical (unpaired) electrons. The van der Waals surface area contributed by atoms with Gasteiger partial charge in [-0.05, 0) is 48.0 Å². The molecule has 1 aliphatic heterocycles. The van der Waals surface area contributed by atoms with Crippen molar-refractivity contribution in [1.29, 1.82) is 0 Å². The second kappa shape index (κ2) is 8.84. The number of aliphatic imine (C=N–C) groups is 1. The number of hydrogen-bond acceptors (Lipinski definition) is 5. The van der Waals surface area contributed by atoms with Crippen molar-refractivity contribution < 1.29 is 19.0 Å². The number of methoxy groups -OCH3 is 1. The SMILES string of the molecule is COc1cccc(C2=N/C(=C/c3cccc(OCc4ccccc4Cl)c3)C(=O)O2)c1. The van der Waals surface area contributed by atoms with Gasteiger partial charge in [-0.3, -0.25) is 0 Å². The summed E-state index contributed by atoms with van der Waals surface area (Å²) in [7, 11) is 1.58. The predicted octanol–water partition coefficient (Wildman–Crippen LogP) is 5.27. The molecule has 30 heavy (non-hydrogen) atoms. The summed E-state index contributed by atoms with van der Waals surface area (Å²) in [6.07, 6.45) is 1.66. The van der Waals surface area contributed by atoms with Crippen LogP contribution in [0.25, 0.3) is 6.08 Å². The number of carbonyl (C=O) groups is 1. The Bertz CT molecular complexity index is 1150. The number of cyclic esters (lactones) is 1. The first-order valence-electron chi connectivity index (χ1n) is 9.25. The first-order valence-corrected chi connectivity index (χ1v) is 9.63. The molecule has 1 aliphatic rings. The fraction of sp³-hybridized carbons (Fsp3) is 0.0833. The molecule has 0 saturated carbocycles. The van der Waals surface area contributed by atoms with Gasteiger partial charge in [0.1, 0.15) is 18.1 Å². The van der Waals surface area contributed by atoms with Crippen LogP contribution in [-0.2, 0) is 16.1 Å². The summed E-state index contributed by atoms with van der Waals surface area (Å²) in [5.74, 6) is 1.06. The van der Waals surface area contributed by atoms with E-state index in [0.29, 0.717) is 28.7 Å². The molecule has 0 saturated heterocycles. The minimum absolute atomic E-state index is 0.219. The molecule has 0 N–H and O–H groups in total. The molecular formula is C24H18ClNO4. The van der Waals surface area contributed by atoms with Gasteiger partial charge in [0.2, 0.25) is 5.90 Å². The number of esters is 1. The number of hydrogen-bond donors (Lipinski definition) is 0. The molecule has 0 fully saturated rings. The molecule has 0 aliphatic carbocycles. The van der Waals surface area contributed by atoms with Gasteiger partial charge in [-0.15, -0.1) is 0 Å². The van der Waals surface area contributed by atoms with Crippen molar-refractivity contribution in [1.82, 2.24) is 0 Å². The number of benzene rings is 3. The summed E-state index contributed by atoms with van der Waals surface area (Å²) in [6, 6.07) is 22.1. The van der Waals surface area contributed by atoms with Crippen molar-refractivity contribution in [2.45, 2.75) is 6.61 Å². The van der Waals surface area contributed by atoms with Crippen LogP contribution in [0.2, 0.25) is 5.02 Å². The van der Waals surface area contributed by atoms with Gasteiger partial charge >= 0.3 is 5.97 Å². The molecule has 0 aromatic heterocycles. The fourth-order valence-electron chi connectivity index (χ4n) is 2.92. The molecule has 6 heteroatoms. The van der Waals surface area contributed by atoms with Crippen LogP contribution >= 0.6 is 11.6 Å². The summed E-state index contributed by atoms with van der Waals surface area (Å²) in [6.45, 7) is 0.347. The minimum atomic E-state index is -0.504. The zero-order chi connectivity index (χ0) is 20.9. The number of halogens is 1. The highest BCUT2D eigenvalue weighted by Gasteiger charge is 2.24. The van der Waals surface area contributed by atoms with Gasteiger partial charge in [0, 0.05) is 16.1 Å². The van der Waals surface area contributed by atoms with E-state index < -0.39 is 5.97 Å². The molecule has 0 atom stereocenters. The maximum Gasteiger partial charge on any atom is 0.363 e. The van der Waals surface area contributed by atoms with Crippen LogP contribution in [0.3, 0.4) is 0 Å². The van der Waals surface area contributed by atoms with E-state index in [1.54, 1.807) is 25.3 Å². The second-order valence-electron chi connectivity index (χ2n) is 6.52. The van der Waals surface area contributed by atoms with Gasteiger partial charge in [-0.2, -0.15) is 0 Å². The van der Waals surface area contributed by atoms with Gasteiger partial charge in [0.15, 0.2) is 5.70 Å². The van der Waals surface area contributed by atoms with Crippen LogP contribution in [0.15, 0.2) is 83.5 Å². The average Bonchev–Trinajstić information content (AvgIpc) is 3.14. The van der Waals surface area contributed by atoms with Crippen LogP contribution in [0, 0.1) is 0 Å². The Morgan fingerprint density at radius 3 is 2.63 bits per heavy atom. The lowest BCUT2D eigenvalue weighted by molar-refractivity contribution is -0.129. The van der Waals surface area contributed by atoms with E-state index in [4.69, 9.17) is 25.8 Å². The topological polar surface area (TPSA) is 57.1 Å². The van der Waals surface area contributed by atoms with Crippen LogP contribution in [0.5, 0.6) is 11.5 Å². The summed E-state index contributed by atoms with van der Waals surface area (Å²) in [5, 5.41) is 0.656. The van der Waals surface area contributed by atoms with Crippen molar-refractivity contribution >= 4 is 29.5 Å². The molecule has 0 bridgehead atoms. The standard InChI is InChI=1S/C24H18ClNO4/c1-28-19-9-5-8-17(14-19)23-26-22(24(27)30-23)13-16-6-4-10-20(12-16)29-15-18-7-2-3-11-21(18)25/h2-14H,15H2,1H3/b22-13+. The van der Waals surface area contributed by atoms with E-state index in [1.807, 2.05) is 60.7 Å². The highest BCUT2D eigenvalue weighted by atomic mass is 35.5. The van der Waals surface area contributed by atoms with Crippen molar-refractivity contribution in [3.63, 3.8) is 0 Å². The Balaban J connectivity index is 1.52. The average molecular weight is 420 g/mol. The van der Waals surface area contributed by atoms with E-state index in [1.165, 1.54) is 0 Å². The molecule has 0 unspecified atom stereocenters. The van der Waals surface area contributed by atoms with Gasteiger partial charge < -0.3 is 14.2 Å². The second-order valence-corrected chi connectivity index (χ2v) is 6.93. The maximum atomic E-state index is 12.3. The third-order valence-electron chi connectivity index (χ3n) is 4.45. The van der Waals surface area contributed by atoms with Crippen LogP contribution in [0.4, 0.5) is 0 Å². The number of ether oxygens (including phenoxy) is 3. The fourth-order valence-corrected chi connectivity index (χ4v) is 3.11. The van der Waals surface area contributed by atoms with Gasteiger partial charge in [0.25, 0.3) is 0 Å². The zero-order valence-corrected chi connectivity index (χ0v) is 16.9. The summed E-state index contributed by atoms with van der Waals surface area (Å²) >= 11 is 6.17. The van der Waals surface area contributed by atoms with Crippen LogP contribution in [0.1, 0.15) is 16.7 Å². The van der Waals surface area contributed by atoms with Crippen molar-refractivity contribution in [3.05, 3.63) is 100 Å². The zero-order valence-electron chi connectivity index (χ0n) is 16.2. The first-order chi connectivity index (χ1) is 14.6. The maximum absolute atomic E-state index is 12.3. The quantitative estimate of drug-likeness (QED) is 0.403. The number of carbonyl (C=O) groups excluding carboxylic acids is 1. The summed E-state index contributed by atoms with van der Waals surface area (Å²) in [4.78, 5) is 16.6. The Hall–Kier alpha value is -3.57. The Labute approximate surface area is 179 Å². The predicted molar refractivity (Wildman–Crippen MR) is 116 cm³/mol. The molecule has 3 aromatic carbocycles. The highest BCUT2D eigenvalue weighted by Crippen LogP contribution is 2.24. The monoisotopic (exact) mass is 419 g/mol. The third-order valence-corrected chi connectivity index (χ3v) is 4.82. The molecule has 0 amide bonds. The van der Waals surface area contributed by atoms with E-state index in [9.17, 15) is 4.79 Å². The normalized spacial score (nSPS) is 14.4. The molecule has 5 nitrogen and oxygen atoms in total. The van der Waals surface area contributed by atoms with Crippen LogP contribution < -0.4 is 9.47 Å². The first kappa shape index (κ1) is 19.7. The molecular weight excluding hydrogens is 402 g/mol. The summed E-state index contributed by atoms with van der Waals surface area (Å²) < 4.78 is 16.4. The third kappa shape index (κ3) is 4.53. The van der Waals surface area contributed by atoms with Crippen LogP contribution in [-0.4, -0.2) is 19.0 Å². The number of rotatable bonds is 6. The molecule has 3 aromatic rings. The van der Waals surface area contributed by atoms with Gasteiger partial charge in [-0.1, -0.05) is 48.0 Å².